The van der Waals surface area contributed by atoms with Gasteiger partial charge < -0.3 is 4.98 Å². The number of aromatic amines is 1. The van der Waals surface area contributed by atoms with Crippen LogP contribution in [-0.2, 0) is 6.42 Å². The van der Waals surface area contributed by atoms with E-state index in [9.17, 15) is 0 Å². The van der Waals surface area contributed by atoms with E-state index in [0.29, 0.717) is 0 Å². The van der Waals surface area contributed by atoms with Crippen LogP contribution in [0.3, 0.4) is 0 Å². The fourth-order valence-electron chi connectivity index (χ4n) is 1.39. The molecule has 0 saturated carbocycles. The minimum atomic E-state index is 1.02. The van der Waals surface area contributed by atoms with Gasteiger partial charge in [0.15, 0.2) is 0 Å². The molecule has 0 aliphatic carbocycles. The van der Waals surface area contributed by atoms with Gasteiger partial charge in [0.2, 0.25) is 0 Å². The van der Waals surface area contributed by atoms with E-state index in [1.165, 1.54) is 0 Å². The van der Waals surface area contributed by atoms with Gasteiger partial charge in [-0.25, -0.2) is 4.98 Å². The molecule has 68 valence electrons. The van der Waals surface area contributed by atoms with Gasteiger partial charge in [-0.15, -0.1) is 0 Å². The van der Waals surface area contributed by atoms with Crippen molar-refractivity contribution >= 4 is 27.0 Å². The second-order valence-electron chi connectivity index (χ2n) is 3.09. The quantitative estimate of drug-likeness (QED) is 0.855. The molecule has 2 rings (SSSR count). The van der Waals surface area contributed by atoms with Crippen LogP contribution in [-0.4, -0.2) is 9.97 Å². The van der Waals surface area contributed by atoms with Gasteiger partial charge in [-0.2, -0.15) is 0 Å². The first kappa shape index (κ1) is 8.75. The predicted octanol–water partition coefficient (Wildman–Crippen LogP) is 3.28. The topological polar surface area (TPSA) is 28.7 Å². The molecule has 0 saturated heterocycles. The van der Waals surface area contributed by atoms with Crippen molar-refractivity contribution in [1.82, 2.24) is 9.97 Å². The lowest BCUT2D eigenvalue weighted by Crippen LogP contribution is -1.83. The average Bonchev–Trinajstić information content (AvgIpc) is 2.46. The summed E-state index contributed by atoms with van der Waals surface area (Å²) < 4.78 is 1.09. The minimum Gasteiger partial charge on any atom is -0.342 e. The largest absolute Gasteiger partial charge is 0.342 e. The Morgan fingerprint density at radius 3 is 3.08 bits per heavy atom. The standard InChI is InChI=1S/C10H11BrN2/c1-2-3-10-12-8-5-4-7(11)6-9(8)13-10/h4-6H,2-3H2,1H3,(H,12,13). The number of aryl methyl sites for hydroxylation is 1. The summed E-state index contributed by atoms with van der Waals surface area (Å²) in [6.07, 6.45) is 2.15. The summed E-state index contributed by atoms with van der Waals surface area (Å²) in [5, 5.41) is 0. The summed E-state index contributed by atoms with van der Waals surface area (Å²) in [5.74, 6) is 1.08. The number of rotatable bonds is 2. The van der Waals surface area contributed by atoms with E-state index in [0.717, 1.165) is 34.2 Å². The molecule has 0 aliphatic heterocycles. The highest BCUT2D eigenvalue weighted by Crippen LogP contribution is 2.17. The molecule has 0 radical (unpaired) electrons. The third-order valence-corrected chi connectivity index (χ3v) is 2.47. The highest BCUT2D eigenvalue weighted by Gasteiger charge is 2.01. The maximum Gasteiger partial charge on any atom is 0.107 e. The Hall–Kier alpha value is -0.830. The van der Waals surface area contributed by atoms with Crippen LogP contribution in [0.4, 0.5) is 0 Å². The fourth-order valence-corrected chi connectivity index (χ4v) is 1.75. The molecule has 1 aromatic carbocycles. The maximum absolute atomic E-state index is 4.47. The molecule has 1 N–H and O–H groups in total. The number of aromatic nitrogens is 2. The van der Waals surface area contributed by atoms with Crippen molar-refractivity contribution in [3.63, 3.8) is 0 Å². The molecular formula is C10H11BrN2. The lowest BCUT2D eigenvalue weighted by molar-refractivity contribution is 0.861. The molecule has 3 heteroatoms. The summed E-state index contributed by atoms with van der Waals surface area (Å²) in [7, 11) is 0. The van der Waals surface area contributed by atoms with Crippen LogP contribution in [0.25, 0.3) is 11.0 Å². The molecule has 2 aromatic rings. The Balaban J connectivity index is 2.49. The van der Waals surface area contributed by atoms with Gasteiger partial charge in [0.25, 0.3) is 0 Å². The van der Waals surface area contributed by atoms with Crippen LogP contribution in [0, 0.1) is 0 Å². The second kappa shape index (κ2) is 3.50. The van der Waals surface area contributed by atoms with Crippen molar-refractivity contribution in [3.8, 4) is 0 Å². The number of nitrogens with zero attached hydrogens (tertiary/aromatic N) is 1. The smallest absolute Gasteiger partial charge is 0.107 e. The number of halogens is 1. The number of benzene rings is 1. The molecule has 13 heavy (non-hydrogen) atoms. The third kappa shape index (κ3) is 1.75. The van der Waals surface area contributed by atoms with E-state index in [2.05, 4.69) is 38.9 Å². The van der Waals surface area contributed by atoms with E-state index in [1.54, 1.807) is 0 Å². The molecule has 0 spiro atoms. The number of imidazole rings is 1. The maximum atomic E-state index is 4.47. The van der Waals surface area contributed by atoms with Crippen molar-refractivity contribution in [2.24, 2.45) is 0 Å². The van der Waals surface area contributed by atoms with Gasteiger partial charge >= 0.3 is 0 Å². The monoisotopic (exact) mass is 238 g/mol. The van der Waals surface area contributed by atoms with Crippen molar-refractivity contribution in [1.29, 1.82) is 0 Å². The van der Waals surface area contributed by atoms with E-state index < -0.39 is 0 Å². The number of hydrogen-bond donors (Lipinski definition) is 1. The summed E-state index contributed by atoms with van der Waals surface area (Å²) >= 11 is 3.43. The van der Waals surface area contributed by atoms with E-state index >= 15 is 0 Å². The van der Waals surface area contributed by atoms with Gasteiger partial charge in [-0.05, 0) is 24.6 Å². The molecule has 0 unspecified atom stereocenters. The van der Waals surface area contributed by atoms with Crippen LogP contribution >= 0.6 is 15.9 Å². The number of hydrogen-bond acceptors (Lipinski definition) is 1. The molecule has 1 heterocycles. The Bertz CT molecular complexity index is 420. The first-order chi connectivity index (χ1) is 6.29. The Morgan fingerprint density at radius 2 is 2.31 bits per heavy atom. The molecular weight excluding hydrogens is 228 g/mol. The van der Waals surface area contributed by atoms with E-state index in [4.69, 9.17) is 0 Å². The predicted molar refractivity (Wildman–Crippen MR) is 57.8 cm³/mol. The molecule has 1 aromatic heterocycles. The van der Waals surface area contributed by atoms with Crippen LogP contribution in [0.15, 0.2) is 22.7 Å². The molecule has 2 nitrogen and oxygen atoms in total. The zero-order valence-corrected chi connectivity index (χ0v) is 9.06. The van der Waals surface area contributed by atoms with E-state index in [-0.39, 0.29) is 0 Å². The Labute approximate surface area is 85.5 Å². The van der Waals surface area contributed by atoms with E-state index in [1.807, 2.05) is 12.1 Å². The molecule has 0 atom stereocenters. The van der Waals surface area contributed by atoms with Crippen LogP contribution in [0.2, 0.25) is 0 Å². The number of nitrogens with one attached hydrogen (secondary N) is 1. The summed E-state index contributed by atoms with van der Waals surface area (Å²) in [6.45, 7) is 2.16. The van der Waals surface area contributed by atoms with Crippen molar-refractivity contribution in [2.45, 2.75) is 19.8 Å². The van der Waals surface area contributed by atoms with Gasteiger partial charge in [0.1, 0.15) is 5.82 Å². The molecule has 0 aliphatic rings. The van der Waals surface area contributed by atoms with Gasteiger partial charge in [-0.1, -0.05) is 22.9 Å². The lowest BCUT2D eigenvalue weighted by atomic mass is 10.3. The fraction of sp³-hybridized carbons (Fsp3) is 0.300. The van der Waals surface area contributed by atoms with Crippen LogP contribution in [0.1, 0.15) is 19.2 Å². The summed E-state index contributed by atoms with van der Waals surface area (Å²) in [4.78, 5) is 7.76. The average molecular weight is 239 g/mol. The van der Waals surface area contributed by atoms with Crippen molar-refractivity contribution in [3.05, 3.63) is 28.5 Å². The normalized spacial score (nSPS) is 10.9. The van der Waals surface area contributed by atoms with Crippen molar-refractivity contribution in [2.75, 3.05) is 0 Å². The van der Waals surface area contributed by atoms with Crippen LogP contribution < -0.4 is 0 Å². The molecule has 0 amide bonds. The van der Waals surface area contributed by atoms with Gasteiger partial charge in [0, 0.05) is 10.9 Å². The first-order valence-electron chi connectivity index (χ1n) is 4.43. The zero-order valence-electron chi connectivity index (χ0n) is 7.47. The second-order valence-corrected chi connectivity index (χ2v) is 4.01. The molecule has 0 fully saturated rings. The Kier molecular flexibility index (Phi) is 2.36. The summed E-state index contributed by atoms with van der Waals surface area (Å²) in [5.41, 5.74) is 2.16. The lowest BCUT2D eigenvalue weighted by Gasteiger charge is -1.88. The van der Waals surface area contributed by atoms with Crippen molar-refractivity contribution < 1.29 is 0 Å². The third-order valence-electron chi connectivity index (χ3n) is 1.98. The first-order valence-corrected chi connectivity index (χ1v) is 5.23. The Morgan fingerprint density at radius 1 is 1.46 bits per heavy atom. The minimum absolute atomic E-state index is 1.02. The highest BCUT2D eigenvalue weighted by molar-refractivity contribution is 9.10. The number of fused-ring (bicyclic) bond motifs is 1. The zero-order chi connectivity index (χ0) is 9.26. The molecule has 0 bridgehead atoms. The van der Waals surface area contributed by atoms with Gasteiger partial charge in [-0.3, -0.25) is 0 Å². The SMILES string of the molecule is CCCc1nc2ccc(Br)cc2[nH]1. The highest BCUT2D eigenvalue weighted by atomic mass is 79.9. The van der Waals surface area contributed by atoms with Gasteiger partial charge in [0.05, 0.1) is 11.0 Å². The summed E-state index contributed by atoms with van der Waals surface area (Å²) in [6, 6.07) is 6.09. The number of H-pyrrole nitrogens is 1. The van der Waals surface area contributed by atoms with Crippen LogP contribution in [0.5, 0.6) is 0 Å².